The highest BCUT2D eigenvalue weighted by atomic mass is 16.5. The fourth-order valence-electron chi connectivity index (χ4n) is 4.63. The number of hydrogen-bond acceptors (Lipinski definition) is 7. The third-order valence-corrected chi connectivity index (χ3v) is 6.73. The molecule has 0 bridgehead atoms. The maximum Gasteiger partial charge on any atom is 0.310 e. The molecule has 7 atom stereocenters. The van der Waals surface area contributed by atoms with Crippen LogP contribution in [0.5, 0.6) is 0 Å². The Morgan fingerprint density at radius 3 is 1.56 bits per heavy atom. The first kappa shape index (κ1) is 19.0. The maximum absolute atomic E-state index is 12.6. The lowest BCUT2D eigenvalue weighted by molar-refractivity contribution is -0.157. The second-order valence-electron chi connectivity index (χ2n) is 8.14. The van der Waals surface area contributed by atoms with Gasteiger partial charge in [-0.3, -0.25) is 19.5 Å². The standard InChI is InChI=1S/C18H33N3O4/c1-10-11(2)19(10)18(20-12(3)13(20)4,21-14(5)15(21)6)7-17(24)25-9-16(23)8-22/h10-16,22-23H,7-9H2,1-6H3. The van der Waals surface area contributed by atoms with Gasteiger partial charge in [0, 0.05) is 36.3 Å². The summed E-state index contributed by atoms with van der Waals surface area (Å²) in [5, 5.41) is 18.4. The Morgan fingerprint density at radius 2 is 1.28 bits per heavy atom. The van der Waals surface area contributed by atoms with Crippen LogP contribution in [0.25, 0.3) is 0 Å². The quantitative estimate of drug-likeness (QED) is 0.476. The van der Waals surface area contributed by atoms with Crippen LogP contribution in [-0.2, 0) is 9.53 Å². The highest BCUT2D eigenvalue weighted by Gasteiger charge is 2.71. The zero-order chi connectivity index (χ0) is 18.7. The third-order valence-electron chi connectivity index (χ3n) is 6.73. The molecule has 0 saturated carbocycles. The molecule has 3 fully saturated rings. The van der Waals surface area contributed by atoms with E-state index in [0.717, 1.165) is 0 Å². The van der Waals surface area contributed by atoms with Crippen LogP contribution < -0.4 is 0 Å². The van der Waals surface area contributed by atoms with Gasteiger partial charge in [-0.05, 0) is 41.5 Å². The molecule has 3 rings (SSSR count). The lowest BCUT2D eigenvalue weighted by atomic mass is 10.2. The third kappa shape index (κ3) is 3.00. The molecule has 7 nitrogen and oxygen atoms in total. The summed E-state index contributed by atoms with van der Waals surface area (Å²) in [6.45, 7) is 12.7. The van der Waals surface area contributed by atoms with Gasteiger partial charge in [-0.15, -0.1) is 0 Å². The van der Waals surface area contributed by atoms with Gasteiger partial charge < -0.3 is 14.9 Å². The molecular weight excluding hydrogens is 322 g/mol. The molecule has 3 heterocycles. The Balaban J connectivity index is 1.83. The number of esters is 1. The lowest BCUT2D eigenvalue weighted by Crippen LogP contribution is -2.57. The van der Waals surface area contributed by atoms with Gasteiger partial charge in [0.05, 0.1) is 13.0 Å². The number of rotatable bonds is 8. The predicted octanol–water partition coefficient (Wildman–Crippen LogP) is 0.205. The van der Waals surface area contributed by atoms with Gasteiger partial charge in [0.2, 0.25) is 0 Å². The van der Waals surface area contributed by atoms with Crippen LogP contribution in [0, 0.1) is 0 Å². The molecule has 0 aromatic heterocycles. The van der Waals surface area contributed by atoms with Crippen LogP contribution in [0.1, 0.15) is 48.0 Å². The Kier molecular flexibility index (Phi) is 4.92. The first-order valence-electron chi connectivity index (χ1n) is 9.48. The number of carbonyl (C=O) groups is 1. The number of hydrogen-bond donors (Lipinski definition) is 2. The molecule has 0 radical (unpaired) electrons. The number of nitrogens with zero attached hydrogens (tertiary/aromatic N) is 3. The van der Waals surface area contributed by atoms with Crippen LogP contribution in [0.4, 0.5) is 0 Å². The lowest BCUT2D eigenvalue weighted by Gasteiger charge is -2.40. The summed E-state index contributed by atoms with van der Waals surface area (Å²) in [7, 11) is 0. The van der Waals surface area contributed by atoms with E-state index < -0.39 is 18.5 Å². The molecular formula is C18H33N3O4. The molecule has 2 N–H and O–H groups in total. The summed E-state index contributed by atoms with van der Waals surface area (Å²) in [5.74, 6) is -0.769. The number of aliphatic hydroxyl groups is 2. The minimum atomic E-state index is -1.02. The van der Waals surface area contributed by atoms with E-state index in [9.17, 15) is 9.90 Å². The molecule has 0 spiro atoms. The van der Waals surface area contributed by atoms with Crippen LogP contribution in [0.2, 0.25) is 0 Å². The second-order valence-corrected chi connectivity index (χ2v) is 8.14. The molecule has 0 aromatic rings. The van der Waals surface area contributed by atoms with Crippen molar-refractivity contribution in [2.45, 2.75) is 96.1 Å². The molecule has 3 saturated heterocycles. The largest absolute Gasteiger partial charge is 0.463 e. The minimum absolute atomic E-state index is 0.160. The number of ether oxygens (including phenoxy) is 1. The van der Waals surface area contributed by atoms with Crippen molar-refractivity contribution < 1.29 is 19.7 Å². The molecule has 0 aliphatic carbocycles. The molecule has 0 aromatic carbocycles. The van der Waals surface area contributed by atoms with E-state index in [1.807, 2.05) is 0 Å². The SMILES string of the molecule is CC1C(C)N1C(CC(=O)OCC(O)CO)(N1C(C)C1C)N1C(C)C1C. The first-order valence-corrected chi connectivity index (χ1v) is 9.48. The Hall–Kier alpha value is -0.730. The molecule has 3 aliphatic rings. The maximum atomic E-state index is 12.6. The minimum Gasteiger partial charge on any atom is -0.463 e. The monoisotopic (exact) mass is 355 g/mol. The van der Waals surface area contributed by atoms with Crippen molar-refractivity contribution in [3.05, 3.63) is 0 Å². The van der Waals surface area contributed by atoms with Gasteiger partial charge in [-0.1, -0.05) is 0 Å². The van der Waals surface area contributed by atoms with Gasteiger partial charge >= 0.3 is 5.97 Å². The zero-order valence-electron chi connectivity index (χ0n) is 16.2. The van der Waals surface area contributed by atoms with E-state index in [0.29, 0.717) is 36.3 Å². The van der Waals surface area contributed by atoms with Crippen molar-refractivity contribution >= 4 is 5.97 Å². The molecule has 25 heavy (non-hydrogen) atoms. The normalized spacial score (nSPS) is 48.4. The van der Waals surface area contributed by atoms with Gasteiger partial charge in [-0.2, -0.15) is 0 Å². The van der Waals surface area contributed by atoms with Crippen molar-refractivity contribution in [1.29, 1.82) is 0 Å². The molecule has 144 valence electrons. The smallest absolute Gasteiger partial charge is 0.310 e. The first-order chi connectivity index (χ1) is 11.7. The Morgan fingerprint density at radius 1 is 0.920 bits per heavy atom. The molecule has 7 unspecified atom stereocenters. The van der Waals surface area contributed by atoms with Crippen LogP contribution in [0.15, 0.2) is 0 Å². The highest BCUT2D eigenvalue weighted by Crippen LogP contribution is 2.55. The average Bonchev–Trinajstić information content (AvgIpc) is 3.48. The Bertz CT molecular complexity index is 456. The summed E-state index contributed by atoms with van der Waals surface area (Å²) in [4.78, 5) is 19.9. The van der Waals surface area contributed by atoms with E-state index in [1.54, 1.807) is 0 Å². The van der Waals surface area contributed by atoms with E-state index >= 15 is 0 Å². The summed E-state index contributed by atoms with van der Waals surface area (Å²) in [6.07, 6.45) is -0.765. The summed E-state index contributed by atoms with van der Waals surface area (Å²) in [6, 6.07) is 2.56. The van der Waals surface area contributed by atoms with E-state index in [-0.39, 0.29) is 19.0 Å². The fraction of sp³-hybridized carbons (Fsp3) is 0.944. The van der Waals surface area contributed by atoms with E-state index in [1.165, 1.54) is 0 Å². The average molecular weight is 355 g/mol. The van der Waals surface area contributed by atoms with E-state index in [2.05, 4.69) is 56.2 Å². The molecule has 0 amide bonds. The summed E-state index contributed by atoms with van der Waals surface area (Å²) in [5.41, 5.74) is 0. The van der Waals surface area contributed by atoms with Crippen molar-refractivity contribution in [2.24, 2.45) is 0 Å². The predicted molar refractivity (Wildman–Crippen MR) is 93.7 cm³/mol. The topological polar surface area (TPSA) is 75.8 Å². The fourth-order valence-corrected chi connectivity index (χ4v) is 4.63. The van der Waals surface area contributed by atoms with Crippen molar-refractivity contribution in [2.75, 3.05) is 13.2 Å². The van der Waals surface area contributed by atoms with Gasteiger partial charge in [0.15, 0.2) is 0 Å². The summed E-state index contributed by atoms with van der Waals surface area (Å²) < 4.78 is 5.27. The second kappa shape index (κ2) is 6.46. The van der Waals surface area contributed by atoms with Crippen LogP contribution >= 0.6 is 0 Å². The molecule has 3 aliphatic heterocycles. The number of carbonyl (C=O) groups excluding carboxylic acids is 1. The zero-order valence-corrected chi connectivity index (χ0v) is 16.2. The van der Waals surface area contributed by atoms with Gasteiger partial charge in [-0.25, -0.2) is 0 Å². The van der Waals surface area contributed by atoms with Crippen molar-refractivity contribution in [3.63, 3.8) is 0 Å². The van der Waals surface area contributed by atoms with Crippen LogP contribution in [-0.4, -0.2) is 92.2 Å². The van der Waals surface area contributed by atoms with Gasteiger partial charge in [0.1, 0.15) is 18.5 Å². The summed E-state index contributed by atoms with van der Waals surface area (Å²) >= 11 is 0. The highest BCUT2D eigenvalue weighted by molar-refractivity contribution is 5.71. The number of aliphatic hydroxyl groups excluding tert-OH is 2. The van der Waals surface area contributed by atoms with Gasteiger partial charge in [0.25, 0.3) is 0 Å². The van der Waals surface area contributed by atoms with Crippen molar-refractivity contribution in [3.8, 4) is 0 Å². The Labute approximate surface area is 150 Å². The molecule has 7 heteroatoms. The van der Waals surface area contributed by atoms with E-state index in [4.69, 9.17) is 9.84 Å². The van der Waals surface area contributed by atoms with Crippen molar-refractivity contribution in [1.82, 2.24) is 14.7 Å². The van der Waals surface area contributed by atoms with Crippen LogP contribution in [0.3, 0.4) is 0 Å².